The van der Waals surface area contributed by atoms with E-state index in [0.29, 0.717) is 12.2 Å². The van der Waals surface area contributed by atoms with E-state index in [1.165, 1.54) is 0 Å². The second kappa shape index (κ2) is 5.92. The van der Waals surface area contributed by atoms with Crippen molar-refractivity contribution in [2.45, 2.75) is 6.42 Å². The zero-order valence-electron chi connectivity index (χ0n) is 12.0. The molecular weight excluding hydrogens is 348 g/mol. The number of halogens is 1. The van der Waals surface area contributed by atoms with E-state index >= 15 is 0 Å². The first-order valence-electron chi connectivity index (χ1n) is 6.89. The highest BCUT2D eigenvalue weighted by Crippen LogP contribution is 2.31. The fourth-order valence-corrected chi connectivity index (χ4v) is 3.02. The van der Waals surface area contributed by atoms with E-state index in [0.717, 1.165) is 10.2 Å². The number of hydrogen-bond donors (Lipinski definition) is 1. The van der Waals surface area contributed by atoms with E-state index in [1.807, 2.05) is 24.3 Å². The molecule has 2 amide bonds. The minimum atomic E-state index is -0.361. The van der Waals surface area contributed by atoms with Crippen LogP contribution in [0.25, 0.3) is 0 Å². The van der Waals surface area contributed by atoms with Crippen LogP contribution in [0, 0.1) is 5.92 Å². The summed E-state index contributed by atoms with van der Waals surface area (Å²) in [7, 11) is 1.78. The maximum atomic E-state index is 12.3. The Bertz CT molecular complexity index is 728. The summed E-state index contributed by atoms with van der Waals surface area (Å²) in [6, 6.07) is 7.51. The van der Waals surface area contributed by atoms with E-state index in [4.69, 9.17) is 0 Å². The molecule has 3 rings (SSSR count). The summed E-state index contributed by atoms with van der Waals surface area (Å²) in [5.74, 6) is -0.561. The van der Waals surface area contributed by atoms with Crippen molar-refractivity contribution in [3.05, 3.63) is 41.1 Å². The van der Waals surface area contributed by atoms with E-state index in [1.54, 1.807) is 29.0 Å². The molecule has 7 heteroatoms. The smallest absolute Gasteiger partial charge is 0.229 e. The number of anilines is 2. The lowest BCUT2D eigenvalue weighted by Crippen LogP contribution is -2.28. The SMILES string of the molecule is Cn1cc(NC(=O)[C@H]2CC(=O)N(c3ccccc3Br)C2)cn1. The fourth-order valence-electron chi connectivity index (χ4n) is 2.52. The van der Waals surface area contributed by atoms with Gasteiger partial charge in [-0.1, -0.05) is 12.1 Å². The maximum Gasteiger partial charge on any atom is 0.229 e. The molecule has 1 aliphatic rings. The van der Waals surface area contributed by atoms with E-state index in [-0.39, 0.29) is 24.2 Å². The van der Waals surface area contributed by atoms with Crippen molar-refractivity contribution in [3.8, 4) is 0 Å². The van der Waals surface area contributed by atoms with Gasteiger partial charge in [-0.25, -0.2) is 0 Å². The van der Waals surface area contributed by atoms with E-state index < -0.39 is 0 Å². The highest BCUT2D eigenvalue weighted by Gasteiger charge is 2.35. The predicted octanol–water partition coefficient (Wildman–Crippen LogP) is 2.17. The molecular formula is C15H15BrN4O2. The second-order valence-electron chi connectivity index (χ2n) is 5.25. The Labute approximate surface area is 136 Å². The van der Waals surface area contributed by atoms with Crippen LogP contribution in [0.4, 0.5) is 11.4 Å². The van der Waals surface area contributed by atoms with Gasteiger partial charge in [-0.2, -0.15) is 5.10 Å². The van der Waals surface area contributed by atoms with Crippen LogP contribution in [0.15, 0.2) is 41.1 Å². The number of amides is 2. The van der Waals surface area contributed by atoms with Crippen molar-refractivity contribution in [2.24, 2.45) is 13.0 Å². The van der Waals surface area contributed by atoms with Crippen molar-refractivity contribution in [2.75, 3.05) is 16.8 Å². The van der Waals surface area contributed by atoms with Gasteiger partial charge in [0, 0.05) is 30.7 Å². The van der Waals surface area contributed by atoms with Gasteiger partial charge in [0.2, 0.25) is 11.8 Å². The Morgan fingerprint density at radius 3 is 2.86 bits per heavy atom. The highest BCUT2D eigenvalue weighted by atomic mass is 79.9. The first-order chi connectivity index (χ1) is 10.5. The molecule has 1 N–H and O–H groups in total. The summed E-state index contributed by atoms with van der Waals surface area (Å²) >= 11 is 3.44. The third-order valence-electron chi connectivity index (χ3n) is 3.61. The minimum absolute atomic E-state index is 0.0433. The van der Waals surface area contributed by atoms with Crippen molar-refractivity contribution >= 4 is 39.1 Å². The number of nitrogens with zero attached hydrogens (tertiary/aromatic N) is 3. The van der Waals surface area contributed by atoms with Crippen molar-refractivity contribution in [1.29, 1.82) is 0 Å². The molecule has 1 aromatic carbocycles. The molecule has 1 fully saturated rings. The number of carbonyl (C=O) groups excluding carboxylic acids is 2. The lowest BCUT2D eigenvalue weighted by molar-refractivity contribution is -0.122. The Balaban J connectivity index is 1.71. The Kier molecular flexibility index (Phi) is 3.98. The number of aryl methyl sites for hydroxylation is 1. The third-order valence-corrected chi connectivity index (χ3v) is 4.28. The number of benzene rings is 1. The van der Waals surface area contributed by atoms with Gasteiger partial charge in [0.05, 0.1) is 23.5 Å². The number of hydrogen-bond acceptors (Lipinski definition) is 3. The molecule has 0 radical (unpaired) electrons. The third kappa shape index (κ3) is 2.89. The van der Waals surface area contributed by atoms with Gasteiger partial charge in [0.1, 0.15) is 0 Å². The average Bonchev–Trinajstić information content (AvgIpc) is 3.06. The van der Waals surface area contributed by atoms with Crippen LogP contribution >= 0.6 is 15.9 Å². The Morgan fingerprint density at radius 2 is 2.18 bits per heavy atom. The minimum Gasteiger partial charge on any atom is -0.323 e. The second-order valence-corrected chi connectivity index (χ2v) is 6.10. The van der Waals surface area contributed by atoms with Crippen LogP contribution in [0.5, 0.6) is 0 Å². The van der Waals surface area contributed by atoms with Crippen LogP contribution in [-0.4, -0.2) is 28.1 Å². The normalized spacial score (nSPS) is 17.8. The molecule has 0 bridgehead atoms. The molecule has 2 aromatic rings. The van der Waals surface area contributed by atoms with Crippen molar-refractivity contribution < 1.29 is 9.59 Å². The lowest BCUT2D eigenvalue weighted by atomic mass is 10.1. The quantitative estimate of drug-likeness (QED) is 0.909. The first kappa shape index (κ1) is 14.8. The molecule has 2 heterocycles. The molecule has 22 heavy (non-hydrogen) atoms. The molecule has 0 aliphatic carbocycles. The molecule has 0 saturated carbocycles. The van der Waals surface area contributed by atoms with Crippen LogP contribution in [0.1, 0.15) is 6.42 Å². The summed E-state index contributed by atoms with van der Waals surface area (Å²) < 4.78 is 2.46. The Morgan fingerprint density at radius 1 is 1.41 bits per heavy atom. The van der Waals surface area contributed by atoms with E-state index in [9.17, 15) is 9.59 Å². The molecule has 6 nitrogen and oxygen atoms in total. The van der Waals surface area contributed by atoms with Gasteiger partial charge in [-0.05, 0) is 28.1 Å². The average molecular weight is 363 g/mol. The molecule has 1 aliphatic heterocycles. The Hall–Kier alpha value is -2.15. The summed E-state index contributed by atoms with van der Waals surface area (Å²) in [6.07, 6.45) is 3.52. The van der Waals surface area contributed by atoms with Gasteiger partial charge in [0.25, 0.3) is 0 Å². The topological polar surface area (TPSA) is 67.2 Å². The molecule has 1 aromatic heterocycles. The fraction of sp³-hybridized carbons (Fsp3) is 0.267. The molecule has 0 spiro atoms. The van der Waals surface area contributed by atoms with Crippen molar-refractivity contribution in [3.63, 3.8) is 0 Å². The van der Waals surface area contributed by atoms with E-state index in [2.05, 4.69) is 26.3 Å². The van der Waals surface area contributed by atoms with Crippen LogP contribution in [-0.2, 0) is 16.6 Å². The van der Waals surface area contributed by atoms with Crippen LogP contribution < -0.4 is 10.2 Å². The van der Waals surface area contributed by atoms with Gasteiger partial charge in [0.15, 0.2) is 0 Å². The number of rotatable bonds is 3. The van der Waals surface area contributed by atoms with Crippen molar-refractivity contribution in [1.82, 2.24) is 9.78 Å². The number of nitrogens with one attached hydrogen (secondary N) is 1. The standard InChI is InChI=1S/C15H15BrN4O2/c1-19-9-11(7-17-19)18-15(22)10-6-14(21)20(8-10)13-5-3-2-4-12(13)16/h2-5,7,9-10H,6,8H2,1H3,(H,18,22)/t10-/m0/s1. The number of aromatic nitrogens is 2. The molecule has 1 saturated heterocycles. The van der Waals surface area contributed by atoms with Gasteiger partial charge in [-0.15, -0.1) is 0 Å². The lowest BCUT2D eigenvalue weighted by Gasteiger charge is -2.18. The predicted molar refractivity (Wildman–Crippen MR) is 86.4 cm³/mol. The molecule has 0 unspecified atom stereocenters. The number of carbonyl (C=O) groups is 2. The summed E-state index contributed by atoms with van der Waals surface area (Å²) in [4.78, 5) is 26.1. The largest absolute Gasteiger partial charge is 0.323 e. The summed E-state index contributed by atoms with van der Waals surface area (Å²) in [6.45, 7) is 0.382. The summed E-state index contributed by atoms with van der Waals surface area (Å²) in [5.41, 5.74) is 1.43. The van der Waals surface area contributed by atoms with Gasteiger partial charge >= 0.3 is 0 Å². The van der Waals surface area contributed by atoms with Gasteiger partial charge < -0.3 is 10.2 Å². The van der Waals surface area contributed by atoms with Crippen LogP contribution in [0.2, 0.25) is 0 Å². The zero-order valence-corrected chi connectivity index (χ0v) is 13.6. The maximum absolute atomic E-state index is 12.3. The molecule has 114 valence electrons. The first-order valence-corrected chi connectivity index (χ1v) is 7.68. The van der Waals surface area contributed by atoms with Crippen LogP contribution in [0.3, 0.4) is 0 Å². The number of para-hydroxylation sites is 1. The zero-order chi connectivity index (χ0) is 15.7. The molecule has 1 atom stereocenters. The summed E-state index contributed by atoms with van der Waals surface area (Å²) in [5, 5.41) is 6.80. The monoisotopic (exact) mass is 362 g/mol. The highest BCUT2D eigenvalue weighted by molar-refractivity contribution is 9.10. The van der Waals surface area contributed by atoms with Gasteiger partial charge in [-0.3, -0.25) is 14.3 Å².